The molecule has 0 spiro atoms. The Morgan fingerprint density at radius 2 is 2.12 bits per heavy atom. The van der Waals surface area contributed by atoms with Gasteiger partial charge < -0.3 is 5.73 Å². The van der Waals surface area contributed by atoms with Crippen LogP contribution in [0.25, 0.3) is 0 Å². The minimum Gasteiger partial charge on any atom is -0.398 e. The van der Waals surface area contributed by atoms with Crippen LogP contribution < -0.4 is 5.73 Å². The number of fused-ring (bicyclic) bond motifs is 1. The van der Waals surface area contributed by atoms with Crippen LogP contribution in [0.4, 0.5) is 5.69 Å². The maximum Gasteiger partial charge on any atom is 0.0494 e. The van der Waals surface area contributed by atoms with Gasteiger partial charge >= 0.3 is 0 Å². The fourth-order valence-corrected chi connectivity index (χ4v) is 2.94. The van der Waals surface area contributed by atoms with Crippen molar-refractivity contribution in [2.75, 3.05) is 5.73 Å². The lowest BCUT2D eigenvalue weighted by molar-refractivity contribution is 0.941. The molecule has 0 amide bonds. The standard InChI is InChI=1S/C14H18BrN/c1-3-10-8-11-6-4-9(2)5-7-12(11)13(15)14(10)16/h5,8H,3-4,6-7,16H2,1-2H3. The first kappa shape index (κ1) is 11.7. The highest BCUT2D eigenvalue weighted by atomic mass is 79.9. The number of nitrogens with two attached hydrogens (primary N) is 1. The van der Waals surface area contributed by atoms with E-state index >= 15 is 0 Å². The van der Waals surface area contributed by atoms with E-state index in [2.05, 4.69) is 41.9 Å². The minimum absolute atomic E-state index is 0.925. The van der Waals surface area contributed by atoms with Gasteiger partial charge in [-0.1, -0.05) is 24.6 Å². The monoisotopic (exact) mass is 279 g/mol. The van der Waals surface area contributed by atoms with Gasteiger partial charge in [0.1, 0.15) is 0 Å². The van der Waals surface area contributed by atoms with Gasteiger partial charge in [0.25, 0.3) is 0 Å². The third-order valence-electron chi connectivity index (χ3n) is 3.41. The summed E-state index contributed by atoms with van der Waals surface area (Å²) in [6.45, 7) is 4.37. The van der Waals surface area contributed by atoms with Crippen LogP contribution in [0.2, 0.25) is 0 Å². The summed E-state index contributed by atoms with van der Waals surface area (Å²) in [5, 5.41) is 0. The molecule has 16 heavy (non-hydrogen) atoms. The van der Waals surface area contributed by atoms with E-state index in [1.165, 1.54) is 28.7 Å². The molecule has 0 radical (unpaired) electrons. The Hall–Kier alpha value is -0.760. The van der Waals surface area contributed by atoms with E-state index in [4.69, 9.17) is 5.73 Å². The zero-order valence-corrected chi connectivity index (χ0v) is 11.5. The summed E-state index contributed by atoms with van der Waals surface area (Å²) in [5.74, 6) is 0. The summed E-state index contributed by atoms with van der Waals surface area (Å²) < 4.78 is 1.12. The normalized spacial score (nSPS) is 15.3. The minimum atomic E-state index is 0.925. The second-order valence-electron chi connectivity index (χ2n) is 4.51. The topological polar surface area (TPSA) is 26.0 Å². The molecule has 0 saturated carbocycles. The predicted octanol–water partition coefficient (Wildman–Crippen LogP) is 4.03. The lowest BCUT2D eigenvalue weighted by Crippen LogP contribution is -2.02. The highest BCUT2D eigenvalue weighted by Crippen LogP contribution is 2.34. The van der Waals surface area contributed by atoms with Gasteiger partial charge in [-0.3, -0.25) is 0 Å². The van der Waals surface area contributed by atoms with Crippen molar-refractivity contribution in [1.29, 1.82) is 0 Å². The Kier molecular flexibility index (Phi) is 3.38. The number of allylic oxidation sites excluding steroid dienone is 2. The first-order chi connectivity index (χ1) is 7.63. The fraction of sp³-hybridized carbons (Fsp3) is 0.429. The molecule has 1 aromatic carbocycles. The van der Waals surface area contributed by atoms with Crippen LogP contribution in [0.3, 0.4) is 0 Å². The molecule has 1 nitrogen and oxygen atoms in total. The molecule has 1 aliphatic carbocycles. The van der Waals surface area contributed by atoms with Crippen LogP contribution in [-0.2, 0) is 19.3 Å². The number of aryl methyl sites for hydroxylation is 2. The number of hydrogen-bond donors (Lipinski definition) is 1. The van der Waals surface area contributed by atoms with Crippen molar-refractivity contribution in [1.82, 2.24) is 0 Å². The van der Waals surface area contributed by atoms with Gasteiger partial charge in [0.2, 0.25) is 0 Å². The molecular weight excluding hydrogens is 262 g/mol. The van der Waals surface area contributed by atoms with E-state index in [0.29, 0.717) is 0 Å². The summed E-state index contributed by atoms with van der Waals surface area (Å²) in [7, 11) is 0. The summed E-state index contributed by atoms with van der Waals surface area (Å²) in [6, 6.07) is 2.29. The summed E-state index contributed by atoms with van der Waals surface area (Å²) in [5.41, 5.74) is 12.7. The largest absolute Gasteiger partial charge is 0.398 e. The molecule has 1 aliphatic rings. The van der Waals surface area contributed by atoms with E-state index in [1.807, 2.05) is 0 Å². The number of halogens is 1. The number of nitrogen functional groups attached to an aromatic ring is 1. The zero-order chi connectivity index (χ0) is 11.7. The van der Waals surface area contributed by atoms with Gasteiger partial charge in [0, 0.05) is 10.2 Å². The van der Waals surface area contributed by atoms with Gasteiger partial charge in [0.05, 0.1) is 0 Å². The first-order valence-electron chi connectivity index (χ1n) is 5.87. The third kappa shape index (κ3) is 2.03. The predicted molar refractivity (Wildman–Crippen MR) is 73.7 cm³/mol. The van der Waals surface area contributed by atoms with Crippen molar-refractivity contribution >= 4 is 21.6 Å². The number of hydrogen-bond acceptors (Lipinski definition) is 1. The number of benzene rings is 1. The van der Waals surface area contributed by atoms with Gasteiger partial charge in [0.15, 0.2) is 0 Å². The Bertz CT molecular complexity index is 447. The molecule has 2 heteroatoms. The Morgan fingerprint density at radius 3 is 2.81 bits per heavy atom. The molecule has 0 aliphatic heterocycles. The van der Waals surface area contributed by atoms with Crippen molar-refractivity contribution in [3.8, 4) is 0 Å². The maximum atomic E-state index is 6.14. The molecule has 0 atom stereocenters. The summed E-state index contributed by atoms with van der Waals surface area (Å²) in [6.07, 6.45) is 6.65. The molecule has 0 unspecified atom stereocenters. The van der Waals surface area contributed by atoms with Crippen LogP contribution >= 0.6 is 15.9 Å². The zero-order valence-electron chi connectivity index (χ0n) is 9.94. The van der Waals surface area contributed by atoms with E-state index in [1.54, 1.807) is 0 Å². The quantitative estimate of drug-likeness (QED) is 0.610. The highest BCUT2D eigenvalue weighted by molar-refractivity contribution is 9.10. The molecule has 2 rings (SSSR count). The van der Waals surface area contributed by atoms with Gasteiger partial charge in [-0.25, -0.2) is 0 Å². The van der Waals surface area contributed by atoms with Crippen LogP contribution in [0.15, 0.2) is 22.2 Å². The Labute approximate surface area is 106 Å². The molecule has 2 N–H and O–H groups in total. The Balaban J connectivity index is 2.53. The fourth-order valence-electron chi connectivity index (χ4n) is 2.27. The average Bonchev–Trinajstić information content (AvgIpc) is 2.46. The number of anilines is 1. The van der Waals surface area contributed by atoms with Crippen molar-refractivity contribution in [2.24, 2.45) is 0 Å². The third-order valence-corrected chi connectivity index (χ3v) is 4.31. The number of rotatable bonds is 1. The van der Waals surface area contributed by atoms with E-state index < -0.39 is 0 Å². The second-order valence-corrected chi connectivity index (χ2v) is 5.30. The van der Waals surface area contributed by atoms with Crippen LogP contribution in [0, 0.1) is 0 Å². The van der Waals surface area contributed by atoms with Gasteiger partial charge in [-0.05, 0) is 65.2 Å². The first-order valence-corrected chi connectivity index (χ1v) is 6.67. The molecule has 0 bridgehead atoms. The van der Waals surface area contributed by atoms with Crippen molar-refractivity contribution < 1.29 is 0 Å². The van der Waals surface area contributed by atoms with E-state index in [-0.39, 0.29) is 0 Å². The molecule has 86 valence electrons. The SMILES string of the molecule is CCc1cc2c(c(Br)c1N)CC=C(C)CC2. The van der Waals surface area contributed by atoms with Crippen LogP contribution in [0.5, 0.6) is 0 Å². The molecular formula is C14H18BrN. The molecule has 0 saturated heterocycles. The molecule has 1 aromatic rings. The highest BCUT2D eigenvalue weighted by Gasteiger charge is 2.14. The smallest absolute Gasteiger partial charge is 0.0494 e. The molecule has 0 heterocycles. The van der Waals surface area contributed by atoms with Crippen molar-refractivity contribution in [2.45, 2.75) is 39.5 Å². The second kappa shape index (κ2) is 4.62. The van der Waals surface area contributed by atoms with Gasteiger partial charge in [-0.15, -0.1) is 0 Å². The van der Waals surface area contributed by atoms with E-state index in [9.17, 15) is 0 Å². The lowest BCUT2D eigenvalue weighted by Gasteiger charge is -2.14. The van der Waals surface area contributed by atoms with Crippen LogP contribution in [-0.4, -0.2) is 0 Å². The Morgan fingerprint density at radius 1 is 1.38 bits per heavy atom. The summed E-state index contributed by atoms with van der Waals surface area (Å²) in [4.78, 5) is 0. The van der Waals surface area contributed by atoms with Crippen LogP contribution in [0.1, 0.15) is 37.0 Å². The van der Waals surface area contributed by atoms with Crippen molar-refractivity contribution in [3.63, 3.8) is 0 Å². The lowest BCUT2D eigenvalue weighted by atomic mass is 9.97. The maximum absolute atomic E-state index is 6.14. The van der Waals surface area contributed by atoms with E-state index in [0.717, 1.165) is 29.4 Å². The molecule has 0 aromatic heterocycles. The van der Waals surface area contributed by atoms with Crippen molar-refractivity contribution in [3.05, 3.63) is 38.9 Å². The molecule has 0 fully saturated rings. The van der Waals surface area contributed by atoms with Gasteiger partial charge in [-0.2, -0.15) is 0 Å². The average molecular weight is 280 g/mol. The summed E-state index contributed by atoms with van der Waals surface area (Å²) >= 11 is 3.66.